The van der Waals surface area contributed by atoms with Gasteiger partial charge in [0.05, 0.1) is 51.1 Å². The molecule has 0 bridgehead atoms. The Morgan fingerprint density at radius 2 is 0.676 bits per heavy atom. The zero-order valence-corrected chi connectivity index (χ0v) is 39.1. The molecular weight excluding hydrogens is 865 g/mol. The molecule has 12 rings (SSSR count). The number of aromatic nitrogens is 5. The zero-order valence-electron chi connectivity index (χ0n) is 39.1. The molecule has 6 nitrogen and oxygen atoms in total. The number of hydrogen-bond acceptors (Lipinski definition) is 5. The number of nitriles is 1. The second-order valence-electron chi connectivity index (χ2n) is 17.8. The summed E-state index contributed by atoms with van der Waals surface area (Å²) in [6, 6.07) is 81.8. The Hall–Kier alpha value is -9.57. The van der Waals surface area contributed by atoms with E-state index in [4.69, 9.17) is 19.9 Å². The van der Waals surface area contributed by atoms with Crippen molar-refractivity contribution in [1.29, 1.82) is 5.26 Å². The molecule has 0 aliphatic heterocycles. The first-order chi connectivity index (χ1) is 35.0. The van der Waals surface area contributed by atoms with Gasteiger partial charge in [-0.3, -0.25) is 0 Å². The summed E-state index contributed by atoms with van der Waals surface area (Å²) in [5, 5.41) is 13.2. The minimum atomic E-state index is 0.424. The van der Waals surface area contributed by atoms with E-state index in [1.165, 1.54) is 22.3 Å². The van der Waals surface area contributed by atoms with Crippen molar-refractivity contribution >= 4 is 21.8 Å². The third-order valence-electron chi connectivity index (χ3n) is 13.4. The van der Waals surface area contributed by atoms with Gasteiger partial charge in [-0.25, -0.2) is 19.9 Å². The second-order valence-corrected chi connectivity index (χ2v) is 17.8. The maximum atomic E-state index is 11.1. The van der Waals surface area contributed by atoms with Gasteiger partial charge in [-0.2, -0.15) is 5.26 Å². The van der Waals surface area contributed by atoms with Crippen LogP contribution >= 0.6 is 0 Å². The molecule has 0 aliphatic rings. The number of rotatable bonds is 9. The van der Waals surface area contributed by atoms with Gasteiger partial charge in [-0.1, -0.05) is 182 Å². The molecule has 0 amide bonds. The van der Waals surface area contributed by atoms with E-state index in [0.29, 0.717) is 28.3 Å². The highest BCUT2D eigenvalue weighted by atomic mass is 15.0. The van der Waals surface area contributed by atoms with Crippen LogP contribution in [-0.2, 0) is 0 Å². The van der Waals surface area contributed by atoms with E-state index in [1.807, 2.05) is 97.1 Å². The first-order valence-electron chi connectivity index (χ1n) is 23.8. The van der Waals surface area contributed by atoms with Gasteiger partial charge in [-0.05, 0) is 95.8 Å². The van der Waals surface area contributed by atoms with Crippen molar-refractivity contribution in [2.75, 3.05) is 0 Å². The summed E-state index contributed by atoms with van der Waals surface area (Å²) in [5.41, 5.74) is 18.2. The quantitative estimate of drug-likeness (QED) is 0.144. The first kappa shape index (κ1) is 42.8. The molecule has 9 aromatic carbocycles. The monoisotopic (exact) mass is 908 g/mol. The van der Waals surface area contributed by atoms with Crippen molar-refractivity contribution in [3.63, 3.8) is 0 Å². The molecular formula is C65H44N6. The van der Waals surface area contributed by atoms with Crippen LogP contribution in [0.1, 0.15) is 16.7 Å². The Balaban J connectivity index is 1.24. The molecule has 6 heteroatoms. The highest BCUT2D eigenvalue weighted by molar-refractivity contribution is 6.13. The molecule has 3 heterocycles. The van der Waals surface area contributed by atoms with Crippen LogP contribution in [0, 0.1) is 25.2 Å². The zero-order chi connectivity index (χ0) is 47.8. The van der Waals surface area contributed by atoms with E-state index in [1.54, 1.807) is 0 Å². The molecule has 0 spiro atoms. The molecule has 0 saturated carbocycles. The summed E-state index contributed by atoms with van der Waals surface area (Å²) in [6.45, 7) is 4.32. The average molecular weight is 909 g/mol. The average Bonchev–Trinajstić information content (AvgIpc) is 3.76. The number of nitrogens with zero attached hydrogens (tertiary/aromatic N) is 6. The van der Waals surface area contributed by atoms with Crippen LogP contribution in [0.4, 0.5) is 0 Å². The first-order valence-corrected chi connectivity index (χ1v) is 23.8. The van der Waals surface area contributed by atoms with Crippen molar-refractivity contribution in [3.05, 3.63) is 247 Å². The normalized spacial score (nSPS) is 11.2. The highest BCUT2D eigenvalue weighted by Crippen LogP contribution is 2.44. The summed E-state index contributed by atoms with van der Waals surface area (Å²) < 4.78 is 2.32. The van der Waals surface area contributed by atoms with Gasteiger partial charge in [0.2, 0.25) is 0 Å². The maximum Gasteiger partial charge on any atom is 0.162 e. The predicted octanol–water partition coefficient (Wildman–Crippen LogP) is 16.2. The molecule has 0 radical (unpaired) electrons. The van der Waals surface area contributed by atoms with E-state index in [2.05, 4.69) is 158 Å². The van der Waals surface area contributed by atoms with Crippen molar-refractivity contribution in [3.8, 4) is 102 Å². The van der Waals surface area contributed by atoms with Crippen LogP contribution < -0.4 is 0 Å². The summed E-state index contributed by atoms with van der Waals surface area (Å²) >= 11 is 0. The van der Waals surface area contributed by atoms with Crippen LogP contribution in [0.5, 0.6) is 0 Å². The van der Waals surface area contributed by atoms with E-state index in [0.717, 1.165) is 83.6 Å². The third-order valence-corrected chi connectivity index (χ3v) is 13.4. The molecule has 71 heavy (non-hydrogen) atoms. The molecule has 12 aromatic rings. The van der Waals surface area contributed by atoms with Gasteiger partial charge in [0.1, 0.15) is 0 Å². The Morgan fingerprint density at radius 3 is 1.01 bits per heavy atom. The van der Waals surface area contributed by atoms with Gasteiger partial charge >= 0.3 is 0 Å². The van der Waals surface area contributed by atoms with Crippen LogP contribution in [0.2, 0.25) is 0 Å². The summed E-state index contributed by atoms with van der Waals surface area (Å²) in [6.07, 6.45) is 0. The molecule has 0 fully saturated rings. The SMILES string of the molecule is Cc1ccccc1-c1ccc2c(c1)c1cc(-c3ccccc3C)ccc1n2-c1c(-c2nc(-c3ccccc3)cc(-c3ccccc3)n2)cc(C#N)cc1-c1nc(-c2ccccc2)cc(-c2ccccc2)n1. The lowest BCUT2D eigenvalue weighted by molar-refractivity contribution is 1.12. The fraction of sp³-hybridized carbons (Fsp3) is 0.0308. The van der Waals surface area contributed by atoms with Crippen LogP contribution in [0.25, 0.3) is 118 Å². The fourth-order valence-corrected chi connectivity index (χ4v) is 9.84. The second kappa shape index (κ2) is 18.2. The molecule has 0 saturated heterocycles. The molecule has 0 aliphatic carbocycles. The molecule has 0 N–H and O–H groups in total. The number of aryl methyl sites for hydroxylation is 2. The van der Waals surface area contributed by atoms with Gasteiger partial charge < -0.3 is 4.57 Å². The number of fused-ring (bicyclic) bond motifs is 3. The Bertz CT molecular complexity index is 3640. The van der Waals surface area contributed by atoms with E-state index >= 15 is 0 Å². The molecule has 3 aromatic heterocycles. The third kappa shape index (κ3) is 8.02. The minimum absolute atomic E-state index is 0.424. The fourth-order valence-electron chi connectivity index (χ4n) is 9.84. The smallest absolute Gasteiger partial charge is 0.162 e. The van der Waals surface area contributed by atoms with Gasteiger partial charge in [-0.15, -0.1) is 0 Å². The van der Waals surface area contributed by atoms with E-state index in [-0.39, 0.29) is 0 Å². The highest BCUT2D eigenvalue weighted by Gasteiger charge is 2.26. The largest absolute Gasteiger partial charge is 0.308 e. The Morgan fingerprint density at radius 1 is 0.338 bits per heavy atom. The summed E-state index contributed by atoms with van der Waals surface area (Å²) in [7, 11) is 0. The standard InChI is InChI=1S/C65H44N6/c1-42-19-15-17-29-51(42)49-31-33-61-53(37-49)54-38-50(52-30-18-16-20-43(52)2)32-34-62(54)71(61)63-55(64-67-57(45-21-7-3-8-22-45)39-58(68-64)46-23-9-4-10-24-46)35-44(41-66)36-56(63)65-69-59(47-25-11-5-12-26-47)40-60(70-65)48-27-13-6-14-28-48/h3-40H,1-2H3. The number of hydrogen-bond donors (Lipinski definition) is 0. The minimum Gasteiger partial charge on any atom is -0.308 e. The van der Waals surface area contributed by atoms with Crippen molar-refractivity contribution < 1.29 is 0 Å². The predicted molar refractivity (Wildman–Crippen MR) is 290 cm³/mol. The Kier molecular flexibility index (Phi) is 10.9. The van der Waals surface area contributed by atoms with Gasteiger partial charge in [0, 0.05) is 44.2 Å². The molecule has 0 unspecified atom stereocenters. The van der Waals surface area contributed by atoms with Crippen LogP contribution in [0.3, 0.4) is 0 Å². The number of benzene rings is 9. The maximum absolute atomic E-state index is 11.1. The van der Waals surface area contributed by atoms with Crippen molar-refractivity contribution in [1.82, 2.24) is 24.5 Å². The van der Waals surface area contributed by atoms with Gasteiger partial charge in [0.25, 0.3) is 0 Å². The lowest BCUT2D eigenvalue weighted by atomic mass is 9.97. The summed E-state index contributed by atoms with van der Waals surface area (Å²) in [5.74, 6) is 0.924. The van der Waals surface area contributed by atoms with E-state index in [9.17, 15) is 5.26 Å². The van der Waals surface area contributed by atoms with Crippen molar-refractivity contribution in [2.24, 2.45) is 0 Å². The lowest BCUT2D eigenvalue weighted by Gasteiger charge is -2.20. The van der Waals surface area contributed by atoms with Crippen LogP contribution in [-0.4, -0.2) is 24.5 Å². The summed E-state index contributed by atoms with van der Waals surface area (Å²) in [4.78, 5) is 21.7. The molecule has 0 atom stereocenters. The van der Waals surface area contributed by atoms with Crippen LogP contribution in [0.15, 0.2) is 231 Å². The molecule has 334 valence electrons. The van der Waals surface area contributed by atoms with Crippen molar-refractivity contribution in [2.45, 2.75) is 13.8 Å². The Labute approximate surface area is 412 Å². The lowest BCUT2D eigenvalue weighted by Crippen LogP contribution is -2.06. The topological polar surface area (TPSA) is 80.3 Å². The van der Waals surface area contributed by atoms with E-state index < -0.39 is 0 Å². The van der Waals surface area contributed by atoms with Gasteiger partial charge in [0.15, 0.2) is 11.6 Å².